The van der Waals surface area contributed by atoms with Crippen molar-refractivity contribution in [2.24, 2.45) is 11.8 Å². The molecule has 0 bridgehead atoms. The normalized spacial score (nSPS) is 23.7. The smallest absolute Gasteiger partial charge is 0.0703 e. The monoisotopic (exact) mass is 266 g/mol. The summed E-state index contributed by atoms with van der Waals surface area (Å²) < 4.78 is 0. The summed E-state index contributed by atoms with van der Waals surface area (Å²) in [5.74, 6) is 1.22. The molecule has 2 fully saturated rings. The fraction of sp³-hybridized carbons (Fsp3) is 1.00. The van der Waals surface area contributed by atoms with Gasteiger partial charge in [-0.2, -0.15) is 0 Å². The van der Waals surface area contributed by atoms with Crippen LogP contribution in [0.1, 0.15) is 96.8 Å². The Morgan fingerprint density at radius 1 is 0.789 bits per heavy atom. The number of hydrogen-bond donors (Lipinski definition) is 1. The molecule has 0 amide bonds. The predicted molar refractivity (Wildman–Crippen MR) is 82.2 cm³/mol. The second kappa shape index (κ2) is 7.67. The molecule has 1 nitrogen and oxygen atoms in total. The van der Waals surface area contributed by atoms with Gasteiger partial charge in [-0.05, 0) is 43.9 Å². The zero-order chi connectivity index (χ0) is 13.6. The van der Waals surface area contributed by atoms with Crippen LogP contribution < -0.4 is 0 Å². The Balaban J connectivity index is 2.00. The Kier molecular flexibility index (Phi) is 6.19. The first-order chi connectivity index (χ1) is 9.27. The maximum absolute atomic E-state index is 11.5. The van der Waals surface area contributed by atoms with Crippen LogP contribution >= 0.6 is 0 Å². The van der Waals surface area contributed by atoms with Crippen molar-refractivity contribution in [2.75, 3.05) is 0 Å². The van der Waals surface area contributed by atoms with Crippen molar-refractivity contribution >= 4 is 0 Å². The van der Waals surface area contributed by atoms with Crippen LogP contribution in [0.4, 0.5) is 0 Å². The molecule has 2 rings (SSSR count). The molecule has 112 valence electrons. The van der Waals surface area contributed by atoms with Gasteiger partial charge in [0.15, 0.2) is 0 Å². The van der Waals surface area contributed by atoms with Gasteiger partial charge in [0.1, 0.15) is 0 Å². The van der Waals surface area contributed by atoms with Crippen molar-refractivity contribution in [1.29, 1.82) is 0 Å². The van der Waals surface area contributed by atoms with E-state index < -0.39 is 0 Å². The summed E-state index contributed by atoms with van der Waals surface area (Å²) in [6, 6.07) is 0. The number of aliphatic hydroxyl groups is 1. The van der Waals surface area contributed by atoms with Gasteiger partial charge in [0, 0.05) is 0 Å². The van der Waals surface area contributed by atoms with Gasteiger partial charge < -0.3 is 5.11 Å². The molecule has 0 radical (unpaired) electrons. The molecule has 1 heteroatoms. The van der Waals surface area contributed by atoms with E-state index in [2.05, 4.69) is 6.92 Å². The summed E-state index contributed by atoms with van der Waals surface area (Å²) >= 11 is 0. The lowest BCUT2D eigenvalue weighted by atomic mass is 9.64. The first-order valence-electron chi connectivity index (χ1n) is 8.99. The quantitative estimate of drug-likeness (QED) is 0.633. The van der Waals surface area contributed by atoms with Gasteiger partial charge in [0.2, 0.25) is 0 Å². The van der Waals surface area contributed by atoms with Crippen LogP contribution in [0.25, 0.3) is 0 Å². The third-order valence-electron chi connectivity index (χ3n) is 5.81. The molecule has 0 aromatic rings. The van der Waals surface area contributed by atoms with Crippen molar-refractivity contribution in [2.45, 2.75) is 102 Å². The van der Waals surface area contributed by atoms with E-state index in [9.17, 15) is 5.11 Å². The summed E-state index contributed by atoms with van der Waals surface area (Å²) in [5, 5.41) is 11.5. The molecule has 2 aliphatic carbocycles. The van der Waals surface area contributed by atoms with E-state index in [4.69, 9.17) is 0 Å². The molecule has 0 aliphatic heterocycles. The Morgan fingerprint density at radius 2 is 1.26 bits per heavy atom. The molecule has 0 aromatic carbocycles. The summed E-state index contributed by atoms with van der Waals surface area (Å²) in [7, 11) is 0. The lowest BCUT2D eigenvalue weighted by Gasteiger charge is -2.46. The van der Waals surface area contributed by atoms with Gasteiger partial charge in [0.05, 0.1) is 5.60 Å². The van der Waals surface area contributed by atoms with E-state index in [0.717, 1.165) is 6.42 Å². The minimum absolute atomic E-state index is 0.310. The zero-order valence-corrected chi connectivity index (χ0v) is 13.0. The first kappa shape index (κ1) is 15.4. The van der Waals surface area contributed by atoms with Crippen molar-refractivity contribution in [3.05, 3.63) is 0 Å². The molecular weight excluding hydrogens is 232 g/mol. The summed E-state index contributed by atoms with van der Waals surface area (Å²) in [5.41, 5.74) is -0.310. The Hall–Kier alpha value is -0.0400. The molecule has 0 unspecified atom stereocenters. The van der Waals surface area contributed by atoms with Crippen LogP contribution in [0.15, 0.2) is 0 Å². The highest BCUT2D eigenvalue weighted by atomic mass is 16.3. The molecule has 0 spiro atoms. The van der Waals surface area contributed by atoms with Crippen LogP contribution in [-0.2, 0) is 0 Å². The first-order valence-corrected chi connectivity index (χ1v) is 8.99. The van der Waals surface area contributed by atoms with Crippen molar-refractivity contribution in [3.63, 3.8) is 0 Å². The SMILES string of the molecule is CCCCCC(O)(C1CCCCC1)C1CCCCC1. The summed E-state index contributed by atoms with van der Waals surface area (Å²) in [6.07, 6.45) is 18.3. The van der Waals surface area contributed by atoms with E-state index in [0.29, 0.717) is 11.8 Å². The predicted octanol–water partition coefficient (Wildman–Crippen LogP) is 5.46. The Bertz CT molecular complexity index is 218. The lowest BCUT2D eigenvalue weighted by molar-refractivity contribution is -0.0989. The van der Waals surface area contributed by atoms with Gasteiger partial charge in [-0.3, -0.25) is 0 Å². The van der Waals surface area contributed by atoms with Gasteiger partial charge >= 0.3 is 0 Å². The van der Waals surface area contributed by atoms with Gasteiger partial charge in [-0.25, -0.2) is 0 Å². The summed E-state index contributed by atoms with van der Waals surface area (Å²) in [6.45, 7) is 2.26. The second-order valence-corrected chi connectivity index (χ2v) is 7.12. The number of unbranched alkanes of at least 4 members (excludes halogenated alkanes) is 2. The standard InChI is InChI=1S/C18H34O/c1-2-3-10-15-18(19,16-11-6-4-7-12-16)17-13-8-5-9-14-17/h16-17,19H,2-15H2,1H3. The largest absolute Gasteiger partial charge is 0.389 e. The van der Waals surface area contributed by atoms with Gasteiger partial charge in [0.25, 0.3) is 0 Å². The average Bonchev–Trinajstić information content (AvgIpc) is 2.49. The van der Waals surface area contributed by atoms with E-state index in [-0.39, 0.29) is 5.60 Å². The van der Waals surface area contributed by atoms with Crippen molar-refractivity contribution in [3.8, 4) is 0 Å². The third kappa shape index (κ3) is 3.97. The number of rotatable bonds is 6. The topological polar surface area (TPSA) is 20.2 Å². The maximum atomic E-state index is 11.5. The highest BCUT2D eigenvalue weighted by Gasteiger charge is 2.43. The molecular formula is C18H34O. The molecule has 0 aromatic heterocycles. The van der Waals surface area contributed by atoms with Gasteiger partial charge in [-0.1, -0.05) is 64.7 Å². The fourth-order valence-electron chi connectivity index (χ4n) is 4.60. The molecule has 19 heavy (non-hydrogen) atoms. The van der Waals surface area contributed by atoms with Gasteiger partial charge in [-0.15, -0.1) is 0 Å². The molecule has 0 heterocycles. The van der Waals surface area contributed by atoms with E-state index >= 15 is 0 Å². The zero-order valence-electron chi connectivity index (χ0n) is 13.0. The minimum Gasteiger partial charge on any atom is -0.389 e. The molecule has 0 atom stereocenters. The van der Waals surface area contributed by atoms with Crippen LogP contribution in [0, 0.1) is 11.8 Å². The van der Waals surface area contributed by atoms with Crippen LogP contribution in [0.3, 0.4) is 0 Å². The number of hydrogen-bond acceptors (Lipinski definition) is 1. The van der Waals surface area contributed by atoms with E-state index in [1.54, 1.807) is 0 Å². The molecule has 2 aliphatic rings. The third-order valence-corrected chi connectivity index (χ3v) is 5.81. The van der Waals surface area contributed by atoms with E-state index in [1.165, 1.54) is 83.5 Å². The van der Waals surface area contributed by atoms with Crippen LogP contribution in [-0.4, -0.2) is 10.7 Å². The van der Waals surface area contributed by atoms with Crippen molar-refractivity contribution in [1.82, 2.24) is 0 Å². The van der Waals surface area contributed by atoms with Crippen LogP contribution in [0.5, 0.6) is 0 Å². The van der Waals surface area contributed by atoms with Crippen LogP contribution in [0.2, 0.25) is 0 Å². The van der Waals surface area contributed by atoms with E-state index in [1.807, 2.05) is 0 Å². The Morgan fingerprint density at radius 3 is 1.68 bits per heavy atom. The molecule has 2 saturated carbocycles. The maximum Gasteiger partial charge on any atom is 0.0703 e. The highest BCUT2D eigenvalue weighted by molar-refractivity contribution is 4.94. The Labute approximate surface area is 120 Å². The van der Waals surface area contributed by atoms with Crippen molar-refractivity contribution < 1.29 is 5.11 Å². The molecule has 1 N–H and O–H groups in total. The molecule has 0 saturated heterocycles. The average molecular weight is 266 g/mol. The summed E-state index contributed by atoms with van der Waals surface area (Å²) in [4.78, 5) is 0. The highest BCUT2D eigenvalue weighted by Crippen LogP contribution is 2.45. The lowest BCUT2D eigenvalue weighted by Crippen LogP contribution is -2.46. The fourth-order valence-corrected chi connectivity index (χ4v) is 4.60. The second-order valence-electron chi connectivity index (χ2n) is 7.12. The minimum atomic E-state index is -0.310.